The maximum Gasteiger partial charge on any atom is 0.366 e. The van der Waals surface area contributed by atoms with Gasteiger partial charge in [-0.1, -0.05) is 42.5 Å². The van der Waals surface area contributed by atoms with Gasteiger partial charge < -0.3 is 29.6 Å². The highest BCUT2D eigenvalue weighted by Gasteiger charge is 2.38. The normalized spacial score (nSPS) is 12.1. The number of anilines is 1. The number of halogens is 1. The molecule has 1 heterocycles. The summed E-state index contributed by atoms with van der Waals surface area (Å²) in [7, 11) is 0. The van der Waals surface area contributed by atoms with Crippen molar-refractivity contribution in [1.29, 1.82) is 0 Å². The van der Waals surface area contributed by atoms with E-state index >= 15 is 0 Å². The summed E-state index contributed by atoms with van der Waals surface area (Å²) in [6.45, 7) is 0. The Hall–Kier alpha value is -4.64. The first-order chi connectivity index (χ1) is 18.0. The van der Waals surface area contributed by atoms with E-state index in [1.807, 2.05) is 0 Å². The maximum absolute atomic E-state index is 13.2. The van der Waals surface area contributed by atoms with Crippen LogP contribution in [0.15, 0.2) is 94.1 Å². The molecule has 0 unspecified atom stereocenters. The molecule has 2 atom stereocenters. The van der Waals surface area contributed by atoms with Gasteiger partial charge in [0.2, 0.25) is 6.41 Å². The zero-order valence-electron chi connectivity index (χ0n) is 19.0. The fourth-order valence-corrected chi connectivity index (χ4v) is 3.78. The quantitative estimate of drug-likeness (QED) is 0.111. The Morgan fingerprint density at radius 2 is 1.59 bits per heavy atom. The minimum atomic E-state index is -1.42. The Labute approximate surface area is 219 Å². The Bertz CT molecular complexity index is 1380. The smallest absolute Gasteiger partial charge is 0.366 e. The summed E-state index contributed by atoms with van der Waals surface area (Å²) in [6.07, 6.45) is 1.32. The average molecular weight is 566 g/mol. The van der Waals surface area contributed by atoms with Crippen molar-refractivity contribution in [1.82, 2.24) is 10.3 Å². The summed E-state index contributed by atoms with van der Waals surface area (Å²) in [6, 6.07) is 18.6. The predicted octanol–water partition coefficient (Wildman–Crippen LogP) is 4.24. The van der Waals surface area contributed by atoms with E-state index < -0.39 is 24.0 Å². The van der Waals surface area contributed by atoms with Crippen LogP contribution in [0.25, 0.3) is 0 Å². The van der Waals surface area contributed by atoms with E-state index in [4.69, 9.17) is 13.9 Å². The first-order valence-corrected chi connectivity index (χ1v) is 11.7. The van der Waals surface area contributed by atoms with Gasteiger partial charge in [-0.2, -0.15) is 0 Å². The summed E-state index contributed by atoms with van der Waals surface area (Å²) < 4.78 is 16.7. The van der Waals surface area contributed by atoms with Crippen molar-refractivity contribution in [3.05, 3.63) is 101 Å². The molecule has 37 heavy (non-hydrogen) atoms. The number of nitrogens with zero attached hydrogens (tertiary/aromatic N) is 1. The number of carbonyl (C=O) groups is 3. The number of carbonyl (C=O) groups excluding carboxylic acids is 3. The van der Waals surface area contributed by atoms with E-state index in [1.54, 1.807) is 72.8 Å². The van der Waals surface area contributed by atoms with Crippen LogP contribution in [0.1, 0.15) is 22.3 Å². The minimum absolute atomic E-state index is 0.135. The zero-order chi connectivity index (χ0) is 26.2. The molecule has 1 aromatic heterocycles. The zero-order valence-corrected chi connectivity index (χ0v) is 20.6. The first-order valence-electron chi connectivity index (χ1n) is 10.9. The molecule has 3 N–H and O–H groups in total. The molecule has 188 valence electrons. The lowest BCUT2D eigenvalue weighted by molar-refractivity contribution is -0.138. The second kappa shape index (κ2) is 11.9. The number of hydrogen-bond acceptors (Lipinski definition) is 9. The van der Waals surface area contributed by atoms with Crippen LogP contribution in [-0.2, 0) is 9.59 Å². The highest BCUT2D eigenvalue weighted by atomic mass is 79.9. The number of phenols is 1. The molecule has 1 amide bonds. The first kappa shape index (κ1) is 25.5. The van der Waals surface area contributed by atoms with Gasteiger partial charge in [0.25, 0.3) is 0 Å². The van der Waals surface area contributed by atoms with Gasteiger partial charge in [0.1, 0.15) is 17.5 Å². The summed E-state index contributed by atoms with van der Waals surface area (Å²) >= 11 is 3.24. The number of para-hydroxylation sites is 3. The molecule has 0 fully saturated rings. The van der Waals surface area contributed by atoms with Crippen molar-refractivity contribution in [3.63, 3.8) is 0 Å². The van der Waals surface area contributed by atoms with Gasteiger partial charge in [0, 0.05) is 0 Å². The Balaban J connectivity index is 1.73. The van der Waals surface area contributed by atoms with Gasteiger partial charge in [-0.15, -0.1) is 0 Å². The van der Waals surface area contributed by atoms with E-state index in [-0.39, 0.29) is 34.4 Å². The van der Waals surface area contributed by atoms with Crippen molar-refractivity contribution in [2.24, 2.45) is 0 Å². The fraction of sp³-hybridized carbons (Fsp3) is 0.0769. The molecule has 0 aliphatic rings. The molecule has 0 bridgehead atoms. The van der Waals surface area contributed by atoms with Crippen molar-refractivity contribution in [3.8, 4) is 17.2 Å². The third-order valence-corrected chi connectivity index (χ3v) is 5.76. The van der Waals surface area contributed by atoms with Crippen LogP contribution >= 0.6 is 15.9 Å². The second-order valence-corrected chi connectivity index (χ2v) is 8.38. The van der Waals surface area contributed by atoms with Gasteiger partial charge >= 0.3 is 11.9 Å². The third kappa shape index (κ3) is 6.14. The lowest BCUT2D eigenvalue weighted by Gasteiger charge is -2.26. The molecule has 0 saturated carbocycles. The van der Waals surface area contributed by atoms with Crippen LogP contribution < -0.4 is 20.1 Å². The topological polar surface area (TPSA) is 140 Å². The number of ether oxygens (including phenoxy) is 2. The van der Waals surface area contributed by atoms with E-state index in [0.717, 1.165) is 6.39 Å². The largest absolute Gasteiger partial charge is 0.505 e. The summed E-state index contributed by atoms with van der Waals surface area (Å²) in [5.41, 5.74) is -0.0792. The number of amides is 1. The van der Waals surface area contributed by atoms with Crippen LogP contribution in [0, 0.1) is 0 Å². The number of oxazole rings is 1. The van der Waals surface area contributed by atoms with Crippen LogP contribution in [0.3, 0.4) is 0 Å². The van der Waals surface area contributed by atoms with Crippen LogP contribution in [0.5, 0.6) is 17.2 Å². The molecule has 11 heteroatoms. The summed E-state index contributed by atoms with van der Waals surface area (Å²) in [5, 5.41) is 15.9. The molecule has 4 rings (SSSR count). The molecule has 10 nitrogen and oxygen atoms in total. The standard InChI is InChI=1S/C26H20BrN3O7/c27-18-12-7-13-19(23(18)32)30-20(21(28-14-31)25(33)36-16-8-3-1-4-9-16)24-22(29-15-35-24)26(34)37-17-10-5-2-6-11-17/h1-15,20-21,30,32H,(H,28,31)/t20-,21-/m1/s1. The molecule has 0 spiro atoms. The minimum Gasteiger partial charge on any atom is -0.505 e. The number of hydrogen-bond donors (Lipinski definition) is 3. The molecule has 4 aromatic rings. The van der Waals surface area contributed by atoms with E-state index in [0.29, 0.717) is 10.9 Å². The van der Waals surface area contributed by atoms with E-state index in [2.05, 4.69) is 31.5 Å². The van der Waals surface area contributed by atoms with E-state index in [9.17, 15) is 19.5 Å². The van der Waals surface area contributed by atoms with Crippen LogP contribution in [-0.4, -0.2) is 34.5 Å². The van der Waals surface area contributed by atoms with Gasteiger partial charge in [-0.3, -0.25) is 4.79 Å². The second-order valence-electron chi connectivity index (χ2n) is 7.52. The van der Waals surface area contributed by atoms with Crippen LogP contribution in [0.4, 0.5) is 5.69 Å². The lowest BCUT2D eigenvalue weighted by Crippen LogP contribution is -2.46. The molecule has 0 aliphatic carbocycles. The number of nitrogens with one attached hydrogen (secondary N) is 2. The van der Waals surface area contributed by atoms with Crippen LogP contribution in [0.2, 0.25) is 0 Å². The monoisotopic (exact) mass is 565 g/mol. The number of rotatable bonds is 10. The number of phenolic OH excluding ortho intramolecular Hbond substituents is 1. The van der Waals surface area contributed by atoms with Gasteiger partial charge in [-0.05, 0) is 52.3 Å². The average Bonchev–Trinajstić information content (AvgIpc) is 3.40. The number of aromatic hydroxyl groups is 1. The highest BCUT2D eigenvalue weighted by Crippen LogP contribution is 2.36. The molecule has 0 radical (unpaired) electrons. The summed E-state index contributed by atoms with van der Waals surface area (Å²) in [5.74, 6) is -1.55. The highest BCUT2D eigenvalue weighted by molar-refractivity contribution is 9.10. The van der Waals surface area contributed by atoms with Gasteiger partial charge in [0.05, 0.1) is 10.2 Å². The van der Waals surface area contributed by atoms with Gasteiger partial charge in [-0.25, -0.2) is 14.6 Å². The fourth-order valence-electron chi connectivity index (χ4n) is 3.41. The Morgan fingerprint density at radius 1 is 0.946 bits per heavy atom. The maximum atomic E-state index is 13.2. The lowest BCUT2D eigenvalue weighted by atomic mass is 10.0. The third-order valence-electron chi connectivity index (χ3n) is 5.12. The van der Waals surface area contributed by atoms with Crippen molar-refractivity contribution < 1.29 is 33.4 Å². The molecule has 3 aromatic carbocycles. The SMILES string of the molecule is O=CN[C@@H](C(=O)Oc1ccccc1)[C@@H](Nc1cccc(Br)c1O)c1ocnc1C(=O)Oc1ccccc1. The van der Waals surface area contributed by atoms with Crippen molar-refractivity contribution >= 4 is 40.0 Å². The summed E-state index contributed by atoms with van der Waals surface area (Å²) in [4.78, 5) is 41.7. The predicted molar refractivity (Wildman–Crippen MR) is 135 cm³/mol. The Morgan fingerprint density at radius 3 is 2.24 bits per heavy atom. The van der Waals surface area contributed by atoms with Crippen molar-refractivity contribution in [2.45, 2.75) is 12.1 Å². The molecular formula is C26H20BrN3O7. The van der Waals surface area contributed by atoms with Gasteiger partial charge in [0.15, 0.2) is 29.6 Å². The molecular weight excluding hydrogens is 546 g/mol. The number of esters is 2. The number of benzene rings is 3. The molecule has 0 aliphatic heterocycles. The Kier molecular flexibility index (Phi) is 8.16. The number of aromatic nitrogens is 1. The molecule has 0 saturated heterocycles. The van der Waals surface area contributed by atoms with E-state index in [1.165, 1.54) is 6.07 Å². The van der Waals surface area contributed by atoms with Crippen molar-refractivity contribution in [2.75, 3.05) is 5.32 Å².